The van der Waals surface area contributed by atoms with Crippen molar-refractivity contribution < 1.29 is 9.53 Å². The third kappa shape index (κ3) is 6.33. The number of para-hydroxylation sites is 1. The summed E-state index contributed by atoms with van der Waals surface area (Å²) in [6.45, 7) is 1.58. The number of rotatable bonds is 8. The Balaban J connectivity index is 1.66. The van der Waals surface area contributed by atoms with Crippen molar-refractivity contribution in [2.24, 2.45) is 0 Å². The fourth-order valence-electron chi connectivity index (χ4n) is 2.88. The van der Waals surface area contributed by atoms with Crippen molar-refractivity contribution in [1.82, 2.24) is 10.6 Å². The minimum atomic E-state index is 0.140. The highest BCUT2D eigenvalue weighted by Crippen LogP contribution is 2.18. The lowest BCUT2D eigenvalue weighted by atomic mass is 9.95. The first-order chi connectivity index (χ1) is 11.3. The molecule has 23 heavy (non-hydrogen) atoms. The highest BCUT2D eigenvalue weighted by molar-refractivity contribution is 5.76. The first-order valence-corrected chi connectivity index (χ1v) is 8.44. The maximum atomic E-state index is 11.9. The fourth-order valence-corrected chi connectivity index (χ4v) is 2.88. The molecule has 0 radical (unpaired) electrons. The van der Waals surface area contributed by atoms with Gasteiger partial charge in [-0.25, -0.2) is 0 Å². The second-order valence-corrected chi connectivity index (χ2v) is 5.93. The third-order valence-electron chi connectivity index (χ3n) is 4.10. The lowest BCUT2D eigenvalue weighted by Gasteiger charge is -2.22. The lowest BCUT2D eigenvalue weighted by Crippen LogP contribution is -2.37. The summed E-state index contributed by atoms with van der Waals surface area (Å²) in [4.78, 5) is 11.9. The van der Waals surface area contributed by atoms with E-state index >= 15 is 0 Å². The van der Waals surface area contributed by atoms with Crippen molar-refractivity contribution in [3.05, 3.63) is 29.8 Å². The highest BCUT2D eigenvalue weighted by atomic mass is 16.5. The summed E-state index contributed by atoms with van der Waals surface area (Å²) in [6.07, 6.45) is 11.7. The number of terminal acetylenes is 1. The minimum Gasteiger partial charge on any atom is -0.481 e. The number of hydrogen-bond acceptors (Lipinski definition) is 3. The first-order valence-electron chi connectivity index (χ1n) is 8.44. The van der Waals surface area contributed by atoms with Gasteiger partial charge in [0.25, 0.3) is 0 Å². The Morgan fingerprint density at radius 1 is 1.26 bits per heavy atom. The summed E-state index contributed by atoms with van der Waals surface area (Å²) in [6, 6.07) is 8.18. The maximum absolute atomic E-state index is 11.9. The van der Waals surface area contributed by atoms with Crippen LogP contribution in [0.25, 0.3) is 0 Å². The fraction of sp³-hybridized carbons (Fsp3) is 0.526. The molecule has 4 nitrogen and oxygen atoms in total. The van der Waals surface area contributed by atoms with Crippen LogP contribution < -0.4 is 15.4 Å². The molecule has 0 heterocycles. The minimum absolute atomic E-state index is 0.140. The lowest BCUT2D eigenvalue weighted by molar-refractivity contribution is -0.121. The van der Waals surface area contributed by atoms with E-state index in [4.69, 9.17) is 11.2 Å². The molecule has 1 aromatic rings. The molecule has 1 aliphatic rings. The van der Waals surface area contributed by atoms with E-state index in [9.17, 15) is 4.79 Å². The second-order valence-electron chi connectivity index (χ2n) is 5.93. The molecule has 0 spiro atoms. The van der Waals surface area contributed by atoms with Crippen molar-refractivity contribution in [3.8, 4) is 18.1 Å². The molecule has 1 aliphatic carbocycles. The molecule has 0 saturated heterocycles. The number of nitrogens with one attached hydrogen (secondary N) is 2. The van der Waals surface area contributed by atoms with Crippen molar-refractivity contribution in [2.75, 3.05) is 13.2 Å². The van der Waals surface area contributed by atoms with Crippen molar-refractivity contribution in [2.45, 2.75) is 51.1 Å². The molecule has 1 saturated carbocycles. The molecule has 1 fully saturated rings. The van der Waals surface area contributed by atoms with Crippen LogP contribution in [0.15, 0.2) is 24.3 Å². The molecule has 4 heteroatoms. The van der Waals surface area contributed by atoms with E-state index in [-0.39, 0.29) is 12.5 Å². The summed E-state index contributed by atoms with van der Waals surface area (Å²) in [5, 5.41) is 6.43. The summed E-state index contributed by atoms with van der Waals surface area (Å²) < 4.78 is 5.51. The van der Waals surface area contributed by atoms with Crippen LogP contribution in [0.3, 0.4) is 0 Å². The monoisotopic (exact) mass is 314 g/mol. The van der Waals surface area contributed by atoms with E-state index in [1.54, 1.807) is 0 Å². The van der Waals surface area contributed by atoms with Gasteiger partial charge in [0.05, 0.1) is 0 Å². The molecule has 0 atom stereocenters. The predicted molar refractivity (Wildman–Crippen MR) is 92.1 cm³/mol. The van der Waals surface area contributed by atoms with Crippen LogP contribution in [0.2, 0.25) is 0 Å². The number of carbonyl (C=O) groups is 1. The molecule has 1 amide bonds. The van der Waals surface area contributed by atoms with E-state index in [2.05, 4.69) is 16.6 Å². The standard InChI is InChI=1S/C19H26N2O2/c1-2-14-23-18-11-7-6-8-16(18)15-20-13-12-19(22)21-17-9-4-3-5-10-17/h1,6-8,11,17,20H,3-5,9-10,12-15H2,(H,21,22). The SMILES string of the molecule is C#CCOc1ccccc1CNCCC(=O)NC1CCCCC1. The Morgan fingerprint density at radius 2 is 2.04 bits per heavy atom. The molecule has 1 aromatic carbocycles. The molecule has 0 aliphatic heterocycles. The van der Waals surface area contributed by atoms with Gasteiger partial charge in [0.2, 0.25) is 5.91 Å². The van der Waals surface area contributed by atoms with Crippen LogP contribution in [0.1, 0.15) is 44.1 Å². The van der Waals surface area contributed by atoms with Gasteiger partial charge < -0.3 is 15.4 Å². The third-order valence-corrected chi connectivity index (χ3v) is 4.10. The number of carbonyl (C=O) groups excluding carboxylic acids is 1. The normalized spacial score (nSPS) is 14.9. The summed E-state index contributed by atoms with van der Waals surface area (Å²) in [7, 11) is 0. The van der Waals surface area contributed by atoms with Crippen LogP contribution in [-0.2, 0) is 11.3 Å². The first kappa shape index (κ1) is 17.4. The van der Waals surface area contributed by atoms with Crippen molar-refractivity contribution >= 4 is 5.91 Å². The quantitative estimate of drug-likeness (QED) is 0.573. The van der Waals surface area contributed by atoms with Crippen LogP contribution in [-0.4, -0.2) is 25.1 Å². The van der Waals surface area contributed by atoms with Crippen LogP contribution >= 0.6 is 0 Å². The van der Waals surface area contributed by atoms with Gasteiger partial charge in [0.15, 0.2) is 0 Å². The molecule has 2 rings (SSSR count). The van der Waals surface area contributed by atoms with Crippen LogP contribution in [0.5, 0.6) is 5.75 Å². The van der Waals surface area contributed by atoms with Gasteiger partial charge in [-0.15, -0.1) is 6.42 Å². The average Bonchev–Trinajstić information content (AvgIpc) is 2.58. The van der Waals surface area contributed by atoms with Crippen LogP contribution in [0, 0.1) is 12.3 Å². The molecule has 0 unspecified atom stereocenters. The van der Waals surface area contributed by atoms with Gasteiger partial charge in [-0.3, -0.25) is 4.79 Å². The summed E-state index contributed by atoms with van der Waals surface area (Å²) >= 11 is 0. The van der Waals surface area contributed by atoms with Crippen LogP contribution in [0.4, 0.5) is 0 Å². The zero-order chi connectivity index (χ0) is 16.3. The highest BCUT2D eigenvalue weighted by Gasteiger charge is 2.15. The smallest absolute Gasteiger partial charge is 0.221 e. The van der Waals surface area contributed by atoms with Gasteiger partial charge in [-0.1, -0.05) is 43.4 Å². The van der Waals surface area contributed by atoms with Crippen molar-refractivity contribution in [1.29, 1.82) is 0 Å². The van der Waals surface area contributed by atoms with E-state index < -0.39 is 0 Å². The van der Waals surface area contributed by atoms with Gasteiger partial charge in [0, 0.05) is 31.1 Å². The zero-order valence-electron chi connectivity index (χ0n) is 13.6. The van der Waals surface area contributed by atoms with Gasteiger partial charge in [-0.2, -0.15) is 0 Å². The van der Waals surface area contributed by atoms with E-state index in [0.29, 0.717) is 25.6 Å². The summed E-state index contributed by atoms with van der Waals surface area (Å²) in [5.74, 6) is 3.40. The molecule has 2 N–H and O–H groups in total. The summed E-state index contributed by atoms with van der Waals surface area (Å²) in [5.41, 5.74) is 1.05. The topological polar surface area (TPSA) is 50.4 Å². The van der Waals surface area contributed by atoms with E-state index in [0.717, 1.165) is 24.2 Å². The number of amides is 1. The van der Waals surface area contributed by atoms with Crippen molar-refractivity contribution in [3.63, 3.8) is 0 Å². The van der Waals surface area contributed by atoms with Gasteiger partial charge in [-0.05, 0) is 18.9 Å². The Morgan fingerprint density at radius 3 is 2.83 bits per heavy atom. The molecule has 0 aromatic heterocycles. The largest absolute Gasteiger partial charge is 0.481 e. The number of hydrogen-bond donors (Lipinski definition) is 2. The Bertz CT molecular complexity index is 530. The maximum Gasteiger partial charge on any atom is 0.221 e. The molecule has 0 bridgehead atoms. The number of ether oxygens (including phenoxy) is 1. The Hall–Kier alpha value is -1.99. The van der Waals surface area contributed by atoms with E-state index in [1.165, 1.54) is 19.3 Å². The zero-order valence-corrected chi connectivity index (χ0v) is 13.6. The molecular weight excluding hydrogens is 288 g/mol. The molecular formula is C19H26N2O2. The number of benzene rings is 1. The molecule has 124 valence electrons. The Kier molecular flexibility index (Phi) is 7.48. The average molecular weight is 314 g/mol. The van der Waals surface area contributed by atoms with Gasteiger partial charge >= 0.3 is 0 Å². The second kappa shape index (κ2) is 9.91. The predicted octanol–water partition coefficient (Wildman–Crippen LogP) is 2.63. The Labute approximate surface area is 139 Å². The van der Waals surface area contributed by atoms with E-state index in [1.807, 2.05) is 24.3 Å². The van der Waals surface area contributed by atoms with Gasteiger partial charge in [0.1, 0.15) is 12.4 Å².